The summed E-state index contributed by atoms with van der Waals surface area (Å²) in [6.45, 7) is 1.83. The van der Waals surface area contributed by atoms with E-state index in [2.05, 4.69) is 10.2 Å². The molecule has 1 heterocycles. The third kappa shape index (κ3) is 6.29. The van der Waals surface area contributed by atoms with E-state index in [-0.39, 0.29) is 18.1 Å². The van der Waals surface area contributed by atoms with E-state index < -0.39 is 5.25 Å². The van der Waals surface area contributed by atoms with Crippen molar-refractivity contribution in [2.45, 2.75) is 23.9 Å². The van der Waals surface area contributed by atoms with Crippen LogP contribution in [0.3, 0.4) is 0 Å². The van der Waals surface area contributed by atoms with E-state index in [0.29, 0.717) is 26.8 Å². The number of thioether (sulfide) groups is 1. The summed E-state index contributed by atoms with van der Waals surface area (Å²) < 4.78 is 12.9. The van der Waals surface area contributed by atoms with Gasteiger partial charge in [-0.25, -0.2) is 0 Å². The second kappa shape index (κ2) is 11.6. The first-order valence-electron chi connectivity index (χ1n) is 10.9. The second-order valence-electron chi connectivity index (χ2n) is 7.78. The third-order valence-electron chi connectivity index (χ3n) is 5.35. The summed E-state index contributed by atoms with van der Waals surface area (Å²) >= 11 is 13.4. The molecular formula is C25H22Cl2N4O4S. The van der Waals surface area contributed by atoms with Crippen LogP contribution < -0.4 is 9.47 Å². The van der Waals surface area contributed by atoms with Gasteiger partial charge in [0, 0.05) is 26.2 Å². The van der Waals surface area contributed by atoms with Gasteiger partial charge < -0.3 is 9.47 Å². The number of methoxy groups -OCH3 is 1. The molecule has 0 radical (unpaired) electrons. The Morgan fingerprint density at radius 2 is 1.72 bits per heavy atom. The molecule has 4 rings (SSSR count). The molecule has 0 amide bonds. The lowest BCUT2D eigenvalue weighted by Crippen LogP contribution is -2.11. The first-order valence-corrected chi connectivity index (χ1v) is 12.5. The Morgan fingerprint density at radius 3 is 2.36 bits per heavy atom. The number of halogens is 2. The van der Waals surface area contributed by atoms with E-state index in [9.17, 15) is 10.1 Å². The van der Waals surface area contributed by atoms with Gasteiger partial charge >= 0.3 is 0 Å². The van der Waals surface area contributed by atoms with E-state index in [1.54, 1.807) is 31.4 Å². The maximum atomic E-state index is 11.5. The van der Waals surface area contributed by atoms with Gasteiger partial charge in [0.1, 0.15) is 29.2 Å². The normalized spacial score (nSPS) is 11.8. The monoisotopic (exact) mass is 544 g/mol. The van der Waals surface area contributed by atoms with Gasteiger partial charge in [0.2, 0.25) is 6.54 Å². The van der Waals surface area contributed by atoms with Crippen LogP contribution in [0.15, 0.2) is 71.9 Å². The van der Waals surface area contributed by atoms with Crippen molar-refractivity contribution in [3.63, 3.8) is 0 Å². The van der Waals surface area contributed by atoms with Gasteiger partial charge in [-0.05, 0) is 61.0 Å². The number of nitro groups is 1. The van der Waals surface area contributed by atoms with Crippen molar-refractivity contribution in [2.24, 2.45) is 0 Å². The second-order valence-corrected chi connectivity index (χ2v) is 9.79. The molecule has 0 fully saturated rings. The third-order valence-corrected chi connectivity index (χ3v) is 7.12. The molecule has 0 N–H and O–H groups in total. The molecule has 4 aromatic rings. The zero-order valence-corrected chi connectivity index (χ0v) is 21.8. The standard InChI is InChI=1S/C25H22Cl2N4O4S/c1-16-28-29-25(31(16)20-7-11-21(34-2)12-8-20)36-24(14-30(32)33)17-4-9-22(10-5-17)35-15-18-3-6-19(26)13-23(18)27/h3-13,24H,14-15H2,1-2H3/t24-/m1/s1. The predicted octanol–water partition coefficient (Wildman–Crippen LogP) is 6.58. The molecule has 0 aliphatic heterocycles. The number of hydrogen-bond donors (Lipinski definition) is 0. The minimum atomic E-state index is -0.486. The first-order chi connectivity index (χ1) is 17.3. The van der Waals surface area contributed by atoms with Crippen molar-refractivity contribution in [1.82, 2.24) is 14.8 Å². The van der Waals surface area contributed by atoms with Crippen LogP contribution in [0.4, 0.5) is 0 Å². The SMILES string of the molecule is COc1ccc(-n2c(C)nnc2S[C@H](C[N+](=O)[O-])c2ccc(OCc3ccc(Cl)cc3Cl)cc2)cc1. The summed E-state index contributed by atoms with van der Waals surface area (Å²) in [7, 11) is 1.60. The molecule has 1 aromatic heterocycles. The molecular weight excluding hydrogens is 523 g/mol. The smallest absolute Gasteiger partial charge is 0.220 e. The summed E-state index contributed by atoms with van der Waals surface area (Å²) in [6.07, 6.45) is 0. The largest absolute Gasteiger partial charge is 0.497 e. The molecule has 0 saturated heterocycles. The van der Waals surface area contributed by atoms with Crippen molar-refractivity contribution in [3.05, 3.63) is 104 Å². The van der Waals surface area contributed by atoms with Crippen molar-refractivity contribution in [2.75, 3.05) is 13.7 Å². The molecule has 0 aliphatic carbocycles. The van der Waals surface area contributed by atoms with Gasteiger partial charge in [0.05, 0.1) is 7.11 Å². The zero-order valence-electron chi connectivity index (χ0n) is 19.4. The molecule has 0 saturated carbocycles. The van der Waals surface area contributed by atoms with Crippen LogP contribution in [0.1, 0.15) is 22.2 Å². The highest BCUT2D eigenvalue weighted by Gasteiger charge is 2.24. The van der Waals surface area contributed by atoms with Crippen LogP contribution in [-0.2, 0) is 6.61 Å². The van der Waals surface area contributed by atoms with Crippen LogP contribution in [0, 0.1) is 17.0 Å². The van der Waals surface area contributed by atoms with Gasteiger partial charge in [-0.2, -0.15) is 0 Å². The number of ether oxygens (including phenoxy) is 2. The van der Waals surface area contributed by atoms with Gasteiger partial charge in [0.25, 0.3) is 0 Å². The summed E-state index contributed by atoms with van der Waals surface area (Å²) in [5.74, 6) is 2.02. The average molecular weight is 545 g/mol. The topological polar surface area (TPSA) is 92.3 Å². The van der Waals surface area contributed by atoms with Crippen molar-refractivity contribution in [3.8, 4) is 17.2 Å². The van der Waals surface area contributed by atoms with E-state index in [0.717, 1.165) is 22.6 Å². The van der Waals surface area contributed by atoms with Gasteiger partial charge in [-0.15, -0.1) is 10.2 Å². The van der Waals surface area contributed by atoms with Gasteiger partial charge in [0.15, 0.2) is 5.16 Å². The van der Waals surface area contributed by atoms with E-state index in [1.165, 1.54) is 11.8 Å². The Balaban J connectivity index is 1.52. The number of aryl methyl sites for hydroxylation is 1. The Morgan fingerprint density at radius 1 is 1.03 bits per heavy atom. The molecule has 0 aliphatic rings. The fraction of sp³-hybridized carbons (Fsp3) is 0.200. The highest BCUT2D eigenvalue weighted by Crippen LogP contribution is 2.37. The Hall–Kier alpha value is -3.27. The molecule has 11 heteroatoms. The molecule has 186 valence electrons. The number of rotatable bonds is 10. The number of aromatic nitrogens is 3. The van der Waals surface area contributed by atoms with Crippen LogP contribution in [0.25, 0.3) is 5.69 Å². The molecule has 36 heavy (non-hydrogen) atoms. The lowest BCUT2D eigenvalue weighted by atomic mass is 10.1. The summed E-state index contributed by atoms with van der Waals surface area (Å²) in [5.41, 5.74) is 2.42. The quantitative estimate of drug-likeness (QED) is 0.126. The van der Waals surface area contributed by atoms with Gasteiger partial charge in [-0.3, -0.25) is 14.7 Å². The Labute approximate surface area is 222 Å². The lowest BCUT2D eigenvalue weighted by Gasteiger charge is -2.15. The minimum Gasteiger partial charge on any atom is -0.497 e. The maximum absolute atomic E-state index is 11.5. The highest BCUT2D eigenvalue weighted by atomic mass is 35.5. The van der Waals surface area contributed by atoms with Crippen LogP contribution in [0.2, 0.25) is 10.0 Å². The van der Waals surface area contributed by atoms with Crippen LogP contribution in [0.5, 0.6) is 11.5 Å². The van der Waals surface area contributed by atoms with Crippen LogP contribution in [-0.4, -0.2) is 33.3 Å². The van der Waals surface area contributed by atoms with E-state index >= 15 is 0 Å². The Bertz CT molecular complexity index is 1350. The predicted molar refractivity (Wildman–Crippen MR) is 140 cm³/mol. The fourth-order valence-corrected chi connectivity index (χ4v) is 5.14. The summed E-state index contributed by atoms with van der Waals surface area (Å²) in [6, 6.07) is 19.9. The van der Waals surface area contributed by atoms with Crippen molar-refractivity contribution in [1.29, 1.82) is 0 Å². The molecule has 3 aromatic carbocycles. The first kappa shape index (κ1) is 25.8. The average Bonchev–Trinajstić information content (AvgIpc) is 3.23. The van der Waals surface area contributed by atoms with Crippen molar-refractivity contribution < 1.29 is 14.4 Å². The molecule has 0 spiro atoms. The molecule has 8 nitrogen and oxygen atoms in total. The highest BCUT2D eigenvalue weighted by molar-refractivity contribution is 7.99. The number of benzene rings is 3. The van der Waals surface area contributed by atoms with E-state index in [1.807, 2.05) is 54.0 Å². The number of nitrogens with zero attached hydrogens (tertiary/aromatic N) is 4. The lowest BCUT2D eigenvalue weighted by molar-refractivity contribution is -0.479. The summed E-state index contributed by atoms with van der Waals surface area (Å²) in [5, 5.41) is 21.1. The fourth-order valence-electron chi connectivity index (χ4n) is 3.50. The molecule has 0 bridgehead atoms. The maximum Gasteiger partial charge on any atom is 0.220 e. The van der Waals surface area contributed by atoms with Crippen LogP contribution >= 0.6 is 35.0 Å². The van der Waals surface area contributed by atoms with Crippen molar-refractivity contribution >= 4 is 35.0 Å². The van der Waals surface area contributed by atoms with Gasteiger partial charge in [-0.1, -0.05) is 53.2 Å². The van der Waals surface area contributed by atoms with E-state index in [4.69, 9.17) is 32.7 Å². The Kier molecular flexibility index (Phi) is 8.35. The molecule has 1 atom stereocenters. The molecule has 0 unspecified atom stereocenters. The zero-order chi connectivity index (χ0) is 25.7. The summed E-state index contributed by atoms with van der Waals surface area (Å²) in [4.78, 5) is 11.1. The number of hydrogen-bond acceptors (Lipinski definition) is 7. The minimum absolute atomic E-state index is 0.271.